The summed E-state index contributed by atoms with van der Waals surface area (Å²) in [5.41, 5.74) is 3.14. The summed E-state index contributed by atoms with van der Waals surface area (Å²) in [6, 6.07) is 26.8. The van der Waals surface area contributed by atoms with Crippen LogP contribution in [0.15, 0.2) is 24.3 Å². The highest BCUT2D eigenvalue weighted by Crippen LogP contribution is 2.43. The molecule has 210 valence electrons. The molecule has 0 aliphatic rings. The SMILES string of the molecule is CC[Si](CC)(CC)N(c1ccc(N([Si](CC)(CC)CC)[Si](CC)(CC)CC)cc1)[Si](CC)(CC)CC. The molecule has 2 nitrogen and oxygen atoms in total. The summed E-state index contributed by atoms with van der Waals surface area (Å²) in [6.45, 7) is 30.0. The third-order valence-corrected chi connectivity index (χ3v) is 37.5. The molecule has 0 saturated heterocycles. The minimum absolute atomic E-state index is 1.37. The molecule has 36 heavy (non-hydrogen) atoms. The van der Waals surface area contributed by atoms with Gasteiger partial charge < -0.3 is 8.46 Å². The Morgan fingerprint density at radius 3 is 0.583 bits per heavy atom. The number of hydrogen-bond acceptors (Lipinski definition) is 2. The van der Waals surface area contributed by atoms with Gasteiger partial charge in [0.25, 0.3) is 0 Å². The maximum absolute atomic E-state index is 3.18. The van der Waals surface area contributed by atoms with Crippen LogP contribution in [0.4, 0.5) is 11.4 Å². The van der Waals surface area contributed by atoms with Crippen LogP contribution in [0.2, 0.25) is 72.5 Å². The average Bonchev–Trinajstić information content (AvgIpc) is 2.95. The van der Waals surface area contributed by atoms with E-state index in [1.54, 1.807) is 11.4 Å². The zero-order valence-corrected chi connectivity index (χ0v) is 30.7. The molecule has 1 aromatic carbocycles. The van der Waals surface area contributed by atoms with Crippen LogP contribution in [-0.4, -0.2) is 32.9 Å². The van der Waals surface area contributed by atoms with Crippen LogP contribution in [0.25, 0.3) is 0 Å². The second-order valence-electron chi connectivity index (χ2n) is 11.3. The Morgan fingerprint density at radius 1 is 0.333 bits per heavy atom. The standard InChI is InChI=1S/C30H64N2Si4/c1-13-33(14-2,15-3)31(34(16-4,17-5)18-6)29-25-27-30(28-26-29)32(35(19-7,20-8)21-9)36(22-10,23-11)24-12/h25-28H,13-24H2,1-12H3. The van der Waals surface area contributed by atoms with Gasteiger partial charge in [-0.15, -0.1) is 0 Å². The summed E-state index contributed by atoms with van der Waals surface area (Å²) in [5.74, 6) is 0. The van der Waals surface area contributed by atoms with Gasteiger partial charge in [0.15, 0.2) is 0 Å². The Labute approximate surface area is 232 Å². The number of anilines is 2. The van der Waals surface area contributed by atoms with Crippen molar-refractivity contribution in [2.45, 2.75) is 156 Å². The van der Waals surface area contributed by atoms with Crippen LogP contribution in [0.3, 0.4) is 0 Å². The highest BCUT2D eigenvalue weighted by atomic mass is 28.4. The molecule has 0 aliphatic heterocycles. The van der Waals surface area contributed by atoms with Crippen LogP contribution in [0.1, 0.15) is 83.1 Å². The molecule has 0 saturated carbocycles. The summed E-state index contributed by atoms with van der Waals surface area (Å²) in [6.07, 6.45) is 0. The van der Waals surface area contributed by atoms with Crippen molar-refractivity contribution in [3.05, 3.63) is 24.3 Å². The van der Waals surface area contributed by atoms with Gasteiger partial charge in [0.2, 0.25) is 0 Å². The third-order valence-electron chi connectivity index (χ3n) is 11.2. The second kappa shape index (κ2) is 14.7. The fourth-order valence-corrected chi connectivity index (χ4v) is 34.1. The maximum atomic E-state index is 3.18. The zero-order valence-electron chi connectivity index (χ0n) is 26.7. The van der Waals surface area contributed by atoms with Gasteiger partial charge in [-0.05, 0) is 96.8 Å². The predicted octanol–water partition coefficient (Wildman–Crippen LogP) is 11.3. The first-order valence-corrected chi connectivity index (χ1v) is 26.2. The lowest BCUT2D eigenvalue weighted by atomic mass is 10.3. The molecule has 0 N–H and O–H groups in total. The van der Waals surface area contributed by atoms with Gasteiger partial charge in [0.05, 0.1) is 0 Å². The number of benzene rings is 1. The first-order chi connectivity index (χ1) is 17.2. The van der Waals surface area contributed by atoms with E-state index in [1.807, 2.05) is 0 Å². The molecule has 0 radical (unpaired) electrons. The summed E-state index contributed by atoms with van der Waals surface area (Å²) >= 11 is 0. The Bertz CT molecular complexity index is 600. The van der Waals surface area contributed by atoms with Gasteiger partial charge in [0, 0.05) is 11.4 Å². The lowest BCUT2D eigenvalue weighted by Crippen LogP contribution is -2.67. The Kier molecular flexibility index (Phi) is 13.8. The molecule has 0 spiro atoms. The number of nitrogens with zero attached hydrogens (tertiary/aromatic N) is 2. The minimum Gasteiger partial charge on any atom is -0.424 e. The average molecular weight is 565 g/mol. The van der Waals surface area contributed by atoms with Crippen LogP contribution < -0.4 is 8.46 Å². The van der Waals surface area contributed by atoms with Crippen molar-refractivity contribution in [1.82, 2.24) is 0 Å². The van der Waals surface area contributed by atoms with E-state index in [-0.39, 0.29) is 0 Å². The van der Waals surface area contributed by atoms with Crippen molar-refractivity contribution in [2.75, 3.05) is 8.46 Å². The lowest BCUT2D eigenvalue weighted by Gasteiger charge is -2.55. The largest absolute Gasteiger partial charge is 0.424 e. The summed E-state index contributed by atoms with van der Waals surface area (Å²) in [5, 5.41) is 0. The Morgan fingerprint density at radius 2 is 0.472 bits per heavy atom. The lowest BCUT2D eigenvalue weighted by molar-refractivity contribution is 1.05. The number of hydrogen-bond donors (Lipinski definition) is 0. The molecular formula is C30H64N2Si4. The van der Waals surface area contributed by atoms with Crippen molar-refractivity contribution < 1.29 is 0 Å². The van der Waals surface area contributed by atoms with Crippen molar-refractivity contribution >= 4 is 44.3 Å². The van der Waals surface area contributed by atoms with Gasteiger partial charge in [-0.2, -0.15) is 0 Å². The summed E-state index contributed by atoms with van der Waals surface area (Å²) in [4.78, 5) is 0. The molecule has 1 aromatic rings. The topological polar surface area (TPSA) is 6.48 Å². The zero-order chi connectivity index (χ0) is 27.6. The van der Waals surface area contributed by atoms with Crippen LogP contribution in [-0.2, 0) is 0 Å². The van der Waals surface area contributed by atoms with Crippen molar-refractivity contribution in [3.63, 3.8) is 0 Å². The second-order valence-corrected chi connectivity index (χ2v) is 32.3. The van der Waals surface area contributed by atoms with Gasteiger partial charge in [-0.25, -0.2) is 0 Å². The molecule has 0 amide bonds. The molecule has 0 heterocycles. The van der Waals surface area contributed by atoms with Crippen LogP contribution >= 0.6 is 0 Å². The minimum atomic E-state index is -1.55. The molecule has 0 fully saturated rings. The van der Waals surface area contributed by atoms with E-state index >= 15 is 0 Å². The van der Waals surface area contributed by atoms with E-state index in [1.165, 1.54) is 72.5 Å². The van der Waals surface area contributed by atoms with E-state index in [0.29, 0.717) is 0 Å². The molecular weight excluding hydrogens is 501 g/mol. The highest BCUT2D eigenvalue weighted by Gasteiger charge is 2.48. The summed E-state index contributed by atoms with van der Waals surface area (Å²) < 4.78 is 6.37. The Balaban J connectivity index is 3.89. The predicted molar refractivity (Wildman–Crippen MR) is 180 cm³/mol. The van der Waals surface area contributed by atoms with E-state index in [4.69, 9.17) is 0 Å². The van der Waals surface area contributed by atoms with E-state index in [2.05, 4.69) is 116 Å². The van der Waals surface area contributed by atoms with Crippen LogP contribution in [0.5, 0.6) is 0 Å². The van der Waals surface area contributed by atoms with Gasteiger partial charge >= 0.3 is 0 Å². The van der Waals surface area contributed by atoms with E-state index < -0.39 is 32.9 Å². The highest BCUT2D eigenvalue weighted by molar-refractivity contribution is 7.03. The molecule has 6 heteroatoms. The van der Waals surface area contributed by atoms with Crippen molar-refractivity contribution in [1.29, 1.82) is 0 Å². The molecule has 1 rings (SSSR count). The van der Waals surface area contributed by atoms with Crippen molar-refractivity contribution in [2.24, 2.45) is 0 Å². The van der Waals surface area contributed by atoms with Gasteiger partial charge in [0.1, 0.15) is 32.9 Å². The molecule has 0 aliphatic carbocycles. The fourth-order valence-electron chi connectivity index (χ4n) is 7.75. The first kappa shape index (κ1) is 33.7. The summed E-state index contributed by atoms with van der Waals surface area (Å²) in [7, 11) is -6.19. The van der Waals surface area contributed by atoms with E-state index in [9.17, 15) is 0 Å². The van der Waals surface area contributed by atoms with Crippen LogP contribution in [0, 0.1) is 0 Å². The Hall–Kier alpha value is -0.312. The smallest absolute Gasteiger partial charge is 0.147 e. The third kappa shape index (κ3) is 5.96. The monoisotopic (exact) mass is 564 g/mol. The first-order valence-electron chi connectivity index (χ1n) is 15.9. The molecule has 0 aromatic heterocycles. The molecule has 0 unspecified atom stereocenters. The van der Waals surface area contributed by atoms with Crippen molar-refractivity contribution in [3.8, 4) is 0 Å². The van der Waals surface area contributed by atoms with E-state index in [0.717, 1.165) is 0 Å². The quantitative estimate of drug-likeness (QED) is 0.164. The van der Waals surface area contributed by atoms with Gasteiger partial charge in [-0.1, -0.05) is 83.1 Å². The number of rotatable bonds is 18. The van der Waals surface area contributed by atoms with Gasteiger partial charge in [-0.3, -0.25) is 0 Å². The normalized spacial score (nSPS) is 13.2. The molecule has 0 bridgehead atoms. The molecule has 0 atom stereocenters. The fraction of sp³-hybridized carbons (Fsp3) is 0.800. The maximum Gasteiger partial charge on any atom is 0.147 e.